The highest BCUT2D eigenvalue weighted by atomic mass is 32.1. The van der Waals surface area contributed by atoms with E-state index in [4.69, 9.17) is 15.6 Å². The predicted octanol–water partition coefficient (Wildman–Crippen LogP) is -2.15. The van der Waals surface area contributed by atoms with Gasteiger partial charge in [0, 0.05) is 6.42 Å². The number of hydrogen-bond acceptors (Lipinski definition) is 7. The zero-order valence-electron chi connectivity index (χ0n) is 9.88. The zero-order valence-corrected chi connectivity index (χ0v) is 10.8. The van der Waals surface area contributed by atoms with Gasteiger partial charge in [-0.2, -0.15) is 12.6 Å². The van der Waals surface area contributed by atoms with Crippen molar-refractivity contribution in [3.8, 4) is 0 Å². The molecule has 18 heavy (non-hydrogen) atoms. The number of aliphatic imine (C=N–C) groups is 1. The minimum Gasteiger partial charge on any atom is -0.394 e. The van der Waals surface area contributed by atoms with Crippen LogP contribution in [0, 0.1) is 0 Å². The van der Waals surface area contributed by atoms with Gasteiger partial charge in [0.2, 0.25) is 0 Å². The van der Waals surface area contributed by atoms with Crippen molar-refractivity contribution in [2.75, 3.05) is 12.4 Å². The van der Waals surface area contributed by atoms with Crippen molar-refractivity contribution in [3.63, 3.8) is 0 Å². The van der Waals surface area contributed by atoms with Crippen LogP contribution in [0.3, 0.4) is 0 Å². The van der Waals surface area contributed by atoms with Crippen molar-refractivity contribution >= 4 is 18.5 Å². The molecule has 0 aliphatic carbocycles. The lowest BCUT2D eigenvalue weighted by Gasteiger charge is -2.38. The number of amidine groups is 1. The number of nitrogens with two attached hydrogens (primary N) is 1. The fraction of sp³-hybridized carbons (Fsp3) is 0.900. The third-order valence-electron chi connectivity index (χ3n) is 2.77. The van der Waals surface area contributed by atoms with Gasteiger partial charge < -0.3 is 30.9 Å². The third-order valence-corrected chi connectivity index (χ3v) is 3.09. The Hall–Kier alpha value is -0.380. The van der Waals surface area contributed by atoms with Crippen LogP contribution in [-0.4, -0.2) is 69.3 Å². The van der Waals surface area contributed by atoms with Gasteiger partial charge >= 0.3 is 0 Å². The molecule has 0 radical (unpaired) electrons. The molecule has 1 aliphatic heterocycles. The Labute approximate surface area is 111 Å². The van der Waals surface area contributed by atoms with Gasteiger partial charge in [-0.25, -0.2) is 0 Å². The van der Waals surface area contributed by atoms with Crippen molar-refractivity contribution in [1.82, 2.24) is 0 Å². The first-order valence-electron chi connectivity index (χ1n) is 5.74. The molecule has 0 amide bonds. The van der Waals surface area contributed by atoms with E-state index in [2.05, 4.69) is 17.6 Å². The molecule has 106 valence electrons. The number of nitrogens with zero attached hydrogens (tertiary/aromatic N) is 1. The molecule has 0 unspecified atom stereocenters. The van der Waals surface area contributed by atoms with Crippen molar-refractivity contribution in [1.29, 1.82) is 0 Å². The van der Waals surface area contributed by atoms with Crippen LogP contribution < -0.4 is 5.73 Å². The summed E-state index contributed by atoms with van der Waals surface area (Å²) in [6.07, 6.45) is -3.88. The predicted molar refractivity (Wildman–Crippen MR) is 68.5 cm³/mol. The Bertz CT molecular complexity index is 291. The molecule has 8 heteroatoms. The molecule has 1 heterocycles. The van der Waals surface area contributed by atoms with Crippen LogP contribution in [0.1, 0.15) is 12.8 Å². The lowest BCUT2D eigenvalue weighted by atomic mass is 9.97. The highest BCUT2D eigenvalue weighted by Gasteiger charge is 2.43. The van der Waals surface area contributed by atoms with E-state index in [0.29, 0.717) is 12.2 Å². The Morgan fingerprint density at radius 3 is 2.50 bits per heavy atom. The Morgan fingerprint density at radius 2 is 1.94 bits per heavy atom. The molecule has 1 rings (SSSR count). The minimum atomic E-state index is -1.41. The first kappa shape index (κ1) is 15.7. The summed E-state index contributed by atoms with van der Waals surface area (Å²) in [5.74, 6) is 0.905. The summed E-state index contributed by atoms with van der Waals surface area (Å²) in [7, 11) is 0. The van der Waals surface area contributed by atoms with E-state index in [-0.39, 0.29) is 5.84 Å². The first-order valence-corrected chi connectivity index (χ1v) is 6.38. The highest BCUT2D eigenvalue weighted by molar-refractivity contribution is 7.80. The number of thiol groups is 1. The van der Waals surface area contributed by atoms with Crippen molar-refractivity contribution in [2.24, 2.45) is 10.7 Å². The van der Waals surface area contributed by atoms with E-state index in [1.807, 2.05) is 0 Å². The van der Waals surface area contributed by atoms with Crippen LogP contribution >= 0.6 is 12.6 Å². The van der Waals surface area contributed by atoms with Gasteiger partial charge in [0.05, 0.1) is 12.4 Å². The van der Waals surface area contributed by atoms with Crippen LogP contribution in [0.25, 0.3) is 0 Å². The molecule has 0 saturated carbocycles. The van der Waals surface area contributed by atoms with Gasteiger partial charge in [-0.3, -0.25) is 4.99 Å². The maximum atomic E-state index is 9.80. The molecule has 0 bridgehead atoms. The quantitative estimate of drug-likeness (QED) is 0.194. The molecule has 7 nitrogen and oxygen atoms in total. The molecule has 0 aromatic carbocycles. The van der Waals surface area contributed by atoms with Gasteiger partial charge in [0.1, 0.15) is 24.4 Å². The molecule has 0 aromatic rings. The lowest BCUT2D eigenvalue weighted by Crippen LogP contribution is -2.58. The van der Waals surface area contributed by atoms with Gasteiger partial charge in [-0.05, 0) is 12.2 Å². The smallest absolute Gasteiger partial charge is 0.180 e. The summed E-state index contributed by atoms with van der Waals surface area (Å²) in [6.45, 7) is -0.499. The summed E-state index contributed by atoms with van der Waals surface area (Å²) in [4.78, 5) is 3.95. The fourth-order valence-corrected chi connectivity index (χ4v) is 1.90. The van der Waals surface area contributed by atoms with Crippen LogP contribution in [0.4, 0.5) is 0 Å². The van der Waals surface area contributed by atoms with Crippen molar-refractivity contribution < 1.29 is 25.2 Å². The average Bonchev–Trinajstić information content (AvgIpc) is 2.36. The molecular weight excluding hydrogens is 260 g/mol. The minimum absolute atomic E-state index is 0.255. The molecule has 0 aromatic heterocycles. The zero-order chi connectivity index (χ0) is 13.7. The molecular formula is C10H20N2O5S. The topological polar surface area (TPSA) is 129 Å². The SMILES string of the molecule is NC(CCCS)=N[C@@H]1[C@@H](O)[C@H](O)[C@@H](CO)O[C@H]1O. The molecule has 1 saturated heterocycles. The molecule has 5 atom stereocenters. The highest BCUT2D eigenvalue weighted by Crippen LogP contribution is 2.22. The maximum Gasteiger partial charge on any atom is 0.180 e. The Kier molecular flexibility index (Phi) is 6.33. The molecule has 0 spiro atoms. The Morgan fingerprint density at radius 1 is 1.28 bits per heavy atom. The number of hydrogen-bond donors (Lipinski definition) is 6. The average molecular weight is 280 g/mol. The second-order valence-corrected chi connectivity index (χ2v) is 4.61. The van der Waals surface area contributed by atoms with Crippen LogP contribution in [-0.2, 0) is 4.74 Å². The number of aliphatic hydroxyl groups is 4. The van der Waals surface area contributed by atoms with Gasteiger partial charge in [-0.15, -0.1) is 0 Å². The van der Waals surface area contributed by atoms with E-state index in [1.165, 1.54) is 0 Å². The monoisotopic (exact) mass is 280 g/mol. The summed E-state index contributed by atoms with van der Waals surface area (Å²) >= 11 is 4.03. The van der Waals surface area contributed by atoms with Gasteiger partial charge in [0.25, 0.3) is 0 Å². The normalized spacial score (nSPS) is 37.8. The molecule has 1 aliphatic rings. The lowest BCUT2D eigenvalue weighted by molar-refractivity contribution is -0.248. The van der Waals surface area contributed by atoms with Gasteiger partial charge in [0.15, 0.2) is 6.29 Å². The van der Waals surface area contributed by atoms with E-state index in [9.17, 15) is 15.3 Å². The fourth-order valence-electron chi connectivity index (χ4n) is 1.74. The number of rotatable bonds is 5. The van der Waals surface area contributed by atoms with Gasteiger partial charge in [-0.1, -0.05) is 0 Å². The third kappa shape index (κ3) is 3.81. The van der Waals surface area contributed by atoms with E-state index in [0.717, 1.165) is 6.42 Å². The molecule has 1 fully saturated rings. The summed E-state index contributed by atoms with van der Waals surface area (Å²) < 4.78 is 4.95. The van der Waals surface area contributed by atoms with E-state index >= 15 is 0 Å². The van der Waals surface area contributed by atoms with Crippen LogP contribution in [0.2, 0.25) is 0 Å². The maximum absolute atomic E-state index is 9.80. The van der Waals surface area contributed by atoms with Crippen LogP contribution in [0.15, 0.2) is 4.99 Å². The van der Waals surface area contributed by atoms with E-state index in [1.54, 1.807) is 0 Å². The number of ether oxygens (including phenoxy) is 1. The van der Waals surface area contributed by atoms with E-state index < -0.39 is 37.3 Å². The first-order chi connectivity index (χ1) is 8.51. The Balaban J connectivity index is 2.70. The number of aliphatic hydroxyl groups excluding tert-OH is 4. The summed E-state index contributed by atoms with van der Waals surface area (Å²) in [6, 6.07) is -1.05. The standard InChI is InChI=1S/C10H20N2O5S/c11-6(2-1-3-18)12-7-9(15)8(14)5(4-13)17-10(7)16/h5,7-10,13-16,18H,1-4H2,(H2,11,12)/t5-,7-,8-,9-,10-/m1/s1. The van der Waals surface area contributed by atoms with Crippen LogP contribution in [0.5, 0.6) is 0 Å². The molecule has 6 N–H and O–H groups in total. The van der Waals surface area contributed by atoms with Crippen molar-refractivity contribution in [3.05, 3.63) is 0 Å². The summed E-state index contributed by atoms with van der Waals surface area (Å²) in [5, 5.41) is 38.0. The second kappa shape index (κ2) is 7.27. The largest absolute Gasteiger partial charge is 0.394 e. The second-order valence-electron chi connectivity index (χ2n) is 4.17. The van der Waals surface area contributed by atoms with Crippen molar-refractivity contribution in [2.45, 2.75) is 43.5 Å². The summed E-state index contributed by atoms with van der Waals surface area (Å²) in [5.41, 5.74) is 5.63.